The van der Waals surface area contributed by atoms with Crippen molar-refractivity contribution >= 4 is 43.4 Å². The second-order valence-corrected chi connectivity index (χ2v) is 11.7. The maximum absolute atomic E-state index is 16.5. The monoisotopic (exact) mass is 581 g/mol. The first-order valence-corrected chi connectivity index (χ1v) is 13.8. The second kappa shape index (κ2) is 10.4. The molecule has 0 radical (unpaired) electrons. The van der Waals surface area contributed by atoms with E-state index in [0.717, 1.165) is 30.4 Å². The van der Waals surface area contributed by atoms with E-state index in [-0.39, 0.29) is 69.4 Å². The molecule has 1 N–H and O–H groups in total. The largest absolute Gasteiger partial charge is 0.461 e. The lowest BCUT2D eigenvalue weighted by atomic mass is 9.94. The van der Waals surface area contributed by atoms with Crippen LogP contribution in [0, 0.1) is 23.0 Å². The van der Waals surface area contributed by atoms with Gasteiger partial charge in [0.25, 0.3) is 0 Å². The first-order valence-electron chi connectivity index (χ1n) is 13.0. The number of anilines is 1. The van der Waals surface area contributed by atoms with Crippen LogP contribution in [0.1, 0.15) is 50.3 Å². The standard InChI is InChI=1S/C28H25F2N5O5S/c1-28(2,3)40-27(36)35-25-14(7-31)20-23(32-9-18(29)24(20)41-25)19-17-12-37-11-16(17)15-8-33-26(34-22(15)21(19)30)39-10-13-5-4-6-38-13/h8-9,13H,4-6,10-12H2,1-3H3,(H,35,36)/t13-/m1/s1. The third-order valence-corrected chi connectivity index (χ3v) is 7.85. The molecule has 2 aliphatic heterocycles. The summed E-state index contributed by atoms with van der Waals surface area (Å²) in [6.45, 7) is 6.24. The molecule has 2 aliphatic rings. The molecule has 0 bridgehead atoms. The first kappa shape index (κ1) is 27.2. The van der Waals surface area contributed by atoms with Crippen LogP contribution in [0.4, 0.5) is 18.6 Å². The summed E-state index contributed by atoms with van der Waals surface area (Å²) < 4.78 is 53.8. The van der Waals surface area contributed by atoms with Crippen LogP contribution in [0.5, 0.6) is 6.01 Å². The molecule has 1 saturated heterocycles. The number of amides is 1. The van der Waals surface area contributed by atoms with E-state index in [1.54, 1.807) is 20.8 Å². The summed E-state index contributed by atoms with van der Waals surface area (Å²) in [4.78, 5) is 25.3. The number of hydrogen-bond acceptors (Lipinski definition) is 10. The Labute approximate surface area is 237 Å². The number of thiophene rings is 1. The number of nitrogens with one attached hydrogen (secondary N) is 1. The minimum Gasteiger partial charge on any atom is -0.461 e. The second-order valence-electron chi connectivity index (χ2n) is 10.7. The lowest BCUT2D eigenvalue weighted by Gasteiger charge is -2.19. The molecule has 5 heterocycles. The molecule has 3 aromatic heterocycles. The molecule has 1 aromatic carbocycles. The summed E-state index contributed by atoms with van der Waals surface area (Å²) in [5.41, 5.74) is 0.375. The summed E-state index contributed by atoms with van der Waals surface area (Å²) in [6, 6.07) is 2.02. The molecule has 10 nitrogen and oxygen atoms in total. The molecular weight excluding hydrogens is 556 g/mol. The van der Waals surface area contributed by atoms with Gasteiger partial charge in [-0.15, -0.1) is 11.3 Å². The zero-order valence-corrected chi connectivity index (χ0v) is 23.3. The number of carbonyl (C=O) groups excluding carboxylic acids is 1. The van der Waals surface area contributed by atoms with Gasteiger partial charge in [-0.1, -0.05) is 0 Å². The van der Waals surface area contributed by atoms with E-state index in [0.29, 0.717) is 23.1 Å². The van der Waals surface area contributed by atoms with Gasteiger partial charge in [0.2, 0.25) is 0 Å². The topological polar surface area (TPSA) is 128 Å². The zero-order chi connectivity index (χ0) is 28.9. The fourth-order valence-electron chi connectivity index (χ4n) is 5.01. The molecule has 4 aromatic rings. The normalized spacial score (nSPS) is 16.6. The van der Waals surface area contributed by atoms with Gasteiger partial charge in [0.05, 0.1) is 41.5 Å². The molecule has 212 valence electrons. The lowest BCUT2D eigenvalue weighted by molar-refractivity contribution is 0.0636. The van der Waals surface area contributed by atoms with Gasteiger partial charge in [-0.2, -0.15) is 10.2 Å². The smallest absolute Gasteiger partial charge is 0.412 e. The molecule has 1 atom stereocenters. The van der Waals surface area contributed by atoms with Crippen molar-refractivity contribution in [3.63, 3.8) is 0 Å². The van der Waals surface area contributed by atoms with E-state index in [9.17, 15) is 10.1 Å². The molecule has 1 amide bonds. The fourth-order valence-corrected chi connectivity index (χ4v) is 6.05. The molecule has 0 aliphatic carbocycles. The van der Waals surface area contributed by atoms with Crippen LogP contribution < -0.4 is 10.1 Å². The minimum absolute atomic E-state index is 0.00831. The Morgan fingerprint density at radius 3 is 2.78 bits per heavy atom. The fraction of sp³-hybridized carbons (Fsp3) is 0.393. The van der Waals surface area contributed by atoms with Gasteiger partial charge in [-0.25, -0.2) is 18.6 Å². The van der Waals surface area contributed by atoms with Crippen LogP contribution in [0.2, 0.25) is 0 Å². The summed E-state index contributed by atoms with van der Waals surface area (Å²) >= 11 is 0.841. The Morgan fingerprint density at radius 2 is 2.05 bits per heavy atom. The van der Waals surface area contributed by atoms with Crippen molar-refractivity contribution in [1.29, 1.82) is 5.26 Å². The number of nitriles is 1. The van der Waals surface area contributed by atoms with Gasteiger partial charge in [0.1, 0.15) is 28.8 Å². The Bertz CT molecular complexity index is 1740. The van der Waals surface area contributed by atoms with E-state index in [2.05, 4.69) is 20.3 Å². The number of rotatable bonds is 5. The van der Waals surface area contributed by atoms with E-state index < -0.39 is 23.3 Å². The van der Waals surface area contributed by atoms with Crippen molar-refractivity contribution in [2.75, 3.05) is 18.5 Å². The van der Waals surface area contributed by atoms with Gasteiger partial charge in [-0.05, 0) is 44.7 Å². The number of halogens is 2. The number of hydrogen-bond donors (Lipinski definition) is 1. The highest BCUT2D eigenvalue weighted by molar-refractivity contribution is 7.23. The van der Waals surface area contributed by atoms with Crippen molar-refractivity contribution in [3.8, 4) is 23.3 Å². The van der Waals surface area contributed by atoms with Crippen LogP contribution in [-0.4, -0.2) is 46.0 Å². The average Bonchev–Trinajstić information content (AvgIpc) is 3.68. The van der Waals surface area contributed by atoms with E-state index >= 15 is 8.78 Å². The number of pyridine rings is 1. The molecule has 13 heteroatoms. The van der Waals surface area contributed by atoms with Gasteiger partial charge < -0.3 is 18.9 Å². The quantitative estimate of drug-likeness (QED) is 0.302. The van der Waals surface area contributed by atoms with E-state index in [1.165, 1.54) is 6.20 Å². The number of fused-ring (bicyclic) bond motifs is 4. The third-order valence-electron chi connectivity index (χ3n) is 6.73. The third kappa shape index (κ3) is 5.03. The molecule has 1 fully saturated rings. The van der Waals surface area contributed by atoms with Crippen molar-refractivity contribution in [3.05, 3.63) is 40.7 Å². The first-order chi connectivity index (χ1) is 19.6. The summed E-state index contributed by atoms with van der Waals surface area (Å²) in [7, 11) is 0. The number of carbonyl (C=O) groups is 1. The SMILES string of the molecule is CC(C)(C)OC(=O)Nc1sc2c(F)cnc(-c3c4c(c5cnc(OC[C@H]6CCCO6)nc5c3F)COC4)c2c1C#N. The van der Waals surface area contributed by atoms with Gasteiger partial charge in [0.15, 0.2) is 11.6 Å². The van der Waals surface area contributed by atoms with Crippen molar-refractivity contribution in [2.45, 2.75) is 58.5 Å². The Morgan fingerprint density at radius 1 is 1.24 bits per heavy atom. The summed E-state index contributed by atoms with van der Waals surface area (Å²) in [6.07, 6.45) is 3.37. The lowest BCUT2D eigenvalue weighted by Crippen LogP contribution is -2.27. The van der Waals surface area contributed by atoms with Crippen LogP contribution in [0.25, 0.3) is 32.2 Å². The number of benzene rings is 1. The molecule has 0 unspecified atom stereocenters. The van der Waals surface area contributed by atoms with Crippen LogP contribution >= 0.6 is 11.3 Å². The Kier molecular flexibility index (Phi) is 6.93. The van der Waals surface area contributed by atoms with Crippen LogP contribution in [-0.2, 0) is 27.4 Å². The predicted molar refractivity (Wildman–Crippen MR) is 146 cm³/mol. The van der Waals surface area contributed by atoms with Gasteiger partial charge in [-0.3, -0.25) is 10.3 Å². The van der Waals surface area contributed by atoms with E-state index in [1.807, 2.05) is 6.07 Å². The Balaban J connectivity index is 1.50. The molecule has 0 saturated carbocycles. The average molecular weight is 582 g/mol. The van der Waals surface area contributed by atoms with Crippen molar-refractivity contribution < 1.29 is 32.5 Å². The maximum atomic E-state index is 16.5. The number of aromatic nitrogens is 3. The molecule has 41 heavy (non-hydrogen) atoms. The van der Waals surface area contributed by atoms with Crippen molar-refractivity contribution in [2.24, 2.45) is 0 Å². The van der Waals surface area contributed by atoms with Gasteiger partial charge in [0, 0.05) is 29.1 Å². The van der Waals surface area contributed by atoms with E-state index in [4.69, 9.17) is 18.9 Å². The highest BCUT2D eigenvalue weighted by Gasteiger charge is 2.31. The van der Waals surface area contributed by atoms with Gasteiger partial charge >= 0.3 is 12.1 Å². The molecular formula is C28H25F2N5O5S. The maximum Gasteiger partial charge on any atom is 0.412 e. The molecule has 0 spiro atoms. The minimum atomic E-state index is -0.811. The summed E-state index contributed by atoms with van der Waals surface area (Å²) in [5.74, 6) is -1.45. The highest BCUT2D eigenvalue weighted by Crippen LogP contribution is 2.45. The van der Waals surface area contributed by atoms with Crippen LogP contribution in [0.3, 0.4) is 0 Å². The highest BCUT2D eigenvalue weighted by atomic mass is 32.1. The van der Waals surface area contributed by atoms with Crippen molar-refractivity contribution in [1.82, 2.24) is 15.0 Å². The zero-order valence-electron chi connectivity index (χ0n) is 22.5. The van der Waals surface area contributed by atoms with Crippen LogP contribution in [0.15, 0.2) is 12.4 Å². The Hall–Kier alpha value is -3.99. The predicted octanol–water partition coefficient (Wildman–Crippen LogP) is 5.99. The summed E-state index contributed by atoms with van der Waals surface area (Å²) in [5, 5.41) is 13.2. The number of ether oxygens (including phenoxy) is 4. The molecule has 6 rings (SSSR count). The number of nitrogens with zero attached hydrogens (tertiary/aromatic N) is 4.